The molecule has 2 aromatic rings. The number of aromatic nitrogens is 1. The number of thiazole rings is 1. The molecule has 1 aromatic heterocycles. The monoisotopic (exact) mass is 467 g/mol. The lowest BCUT2D eigenvalue weighted by atomic mass is 10.1. The summed E-state index contributed by atoms with van der Waals surface area (Å²) in [5.74, 6) is -0.189. The lowest BCUT2D eigenvalue weighted by Gasteiger charge is -2.14. The van der Waals surface area contributed by atoms with Crippen LogP contribution in [0.25, 0.3) is 6.08 Å². The Morgan fingerprint density at radius 2 is 2.17 bits per heavy atom. The number of aromatic hydroxyl groups is 1. The van der Waals surface area contributed by atoms with Crippen LogP contribution in [0.4, 0.5) is 5.13 Å². The summed E-state index contributed by atoms with van der Waals surface area (Å²) in [6.07, 6.45) is 5.92. The maximum atomic E-state index is 12.6. The van der Waals surface area contributed by atoms with Crippen LogP contribution in [0.15, 0.2) is 34.7 Å². The second-order valence-electron chi connectivity index (χ2n) is 6.23. The van der Waals surface area contributed by atoms with Gasteiger partial charge in [-0.15, -0.1) is 11.3 Å². The van der Waals surface area contributed by atoms with Gasteiger partial charge in [0.1, 0.15) is 10.1 Å². The second kappa shape index (κ2) is 10.2. The topological polar surface area (TPSA) is 82.5 Å². The fraction of sp³-hybridized carbons (Fsp3) is 0.263. The van der Waals surface area contributed by atoms with Gasteiger partial charge in [0.2, 0.25) is 5.91 Å². The van der Waals surface area contributed by atoms with Crippen molar-refractivity contribution in [3.8, 4) is 5.75 Å². The van der Waals surface area contributed by atoms with E-state index in [-0.39, 0.29) is 17.6 Å². The van der Waals surface area contributed by atoms with Crippen molar-refractivity contribution in [2.24, 2.45) is 0 Å². The molecule has 152 valence electrons. The van der Waals surface area contributed by atoms with Crippen LogP contribution in [0, 0.1) is 0 Å². The summed E-state index contributed by atoms with van der Waals surface area (Å²) < 4.78 is 0.490. The van der Waals surface area contributed by atoms with E-state index >= 15 is 0 Å². The number of hydrogen-bond acceptors (Lipinski definition) is 7. The molecule has 0 saturated carbocycles. The summed E-state index contributed by atoms with van der Waals surface area (Å²) in [5.41, 5.74) is 0.476. The number of thiocarbonyl (C=S) groups is 1. The number of carbonyl (C=O) groups is 2. The number of phenolic OH excluding ortho intramolecular Hbond substituents is 1. The molecule has 2 N–H and O–H groups in total. The van der Waals surface area contributed by atoms with E-state index < -0.39 is 0 Å². The van der Waals surface area contributed by atoms with Crippen molar-refractivity contribution in [2.75, 3.05) is 11.9 Å². The Labute approximate surface area is 187 Å². The molecule has 1 saturated heterocycles. The van der Waals surface area contributed by atoms with Crippen molar-refractivity contribution in [2.45, 2.75) is 25.7 Å². The maximum Gasteiger partial charge on any atom is 0.266 e. The molecule has 2 amide bonds. The smallest absolute Gasteiger partial charge is 0.266 e. The summed E-state index contributed by atoms with van der Waals surface area (Å²) in [5, 5.41) is 15.6. The normalized spacial score (nSPS) is 15.3. The first kappa shape index (κ1) is 21.8. The van der Waals surface area contributed by atoms with Gasteiger partial charge in [0.15, 0.2) is 5.13 Å². The molecule has 0 radical (unpaired) electrons. The lowest BCUT2D eigenvalue weighted by Crippen LogP contribution is -2.29. The standard InChI is InChI=1S/C19H18ClN3O3S3/c20-13-5-6-14(24)12(10-13)11-15-17(26)23(19(27)29-15)8-3-1-2-4-16(25)22-18-21-7-9-28-18/h5-7,9-11,24H,1-4,8H2,(H,21,22,25)/b15-11-. The van der Waals surface area contributed by atoms with E-state index in [9.17, 15) is 14.7 Å². The average molecular weight is 468 g/mol. The Hall–Kier alpha value is -1.94. The van der Waals surface area contributed by atoms with Crippen LogP contribution in [0.5, 0.6) is 5.75 Å². The highest BCUT2D eigenvalue weighted by molar-refractivity contribution is 8.26. The van der Waals surface area contributed by atoms with Crippen LogP contribution < -0.4 is 5.32 Å². The minimum atomic E-state index is -0.180. The predicted octanol–water partition coefficient (Wildman–Crippen LogP) is 4.90. The predicted molar refractivity (Wildman–Crippen MR) is 122 cm³/mol. The van der Waals surface area contributed by atoms with Gasteiger partial charge in [0, 0.05) is 35.1 Å². The number of amides is 2. The number of phenols is 1. The highest BCUT2D eigenvalue weighted by Crippen LogP contribution is 2.34. The SMILES string of the molecule is O=C(CCCCCN1C(=O)/C(=C/c2cc(Cl)ccc2O)SC1=S)Nc1nccs1. The van der Waals surface area contributed by atoms with E-state index in [1.54, 1.807) is 34.7 Å². The van der Waals surface area contributed by atoms with Gasteiger partial charge in [-0.2, -0.15) is 0 Å². The molecule has 2 heterocycles. The largest absolute Gasteiger partial charge is 0.507 e. The van der Waals surface area contributed by atoms with Crippen LogP contribution in [-0.4, -0.2) is 37.7 Å². The van der Waals surface area contributed by atoms with Crippen molar-refractivity contribution >= 4 is 74.3 Å². The van der Waals surface area contributed by atoms with Gasteiger partial charge in [-0.05, 0) is 37.1 Å². The minimum Gasteiger partial charge on any atom is -0.507 e. The average Bonchev–Trinajstić information content (AvgIpc) is 3.27. The van der Waals surface area contributed by atoms with Crippen molar-refractivity contribution < 1.29 is 14.7 Å². The molecule has 0 spiro atoms. The first-order valence-corrected chi connectivity index (χ1v) is 11.4. The molecule has 1 aromatic carbocycles. The van der Waals surface area contributed by atoms with Crippen molar-refractivity contribution in [3.05, 3.63) is 45.3 Å². The molecule has 0 bridgehead atoms. The number of hydrogen-bond donors (Lipinski definition) is 2. The molecule has 29 heavy (non-hydrogen) atoms. The fourth-order valence-electron chi connectivity index (χ4n) is 2.67. The number of unbranched alkanes of at least 4 members (excludes halogenated alkanes) is 2. The number of benzene rings is 1. The minimum absolute atomic E-state index is 0.0516. The van der Waals surface area contributed by atoms with Gasteiger partial charge < -0.3 is 10.4 Å². The number of nitrogens with zero attached hydrogens (tertiary/aromatic N) is 2. The number of carbonyl (C=O) groups excluding carboxylic acids is 2. The Morgan fingerprint density at radius 1 is 1.34 bits per heavy atom. The molecule has 3 rings (SSSR count). The highest BCUT2D eigenvalue weighted by Gasteiger charge is 2.31. The Bertz CT molecular complexity index is 947. The first-order chi connectivity index (χ1) is 13.9. The third-order valence-electron chi connectivity index (χ3n) is 4.11. The van der Waals surface area contributed by atoms with E-state index in [0.717, 1.165) is 19.3 Å². The highest BCUT2D eigenvalue weighted by atomic mass is 35.5. The quantitative estimate of drug-likeness (QED) is 0.326. The van der Waals surface area contributed by atoms with Crippen molar-refractivity contribution in [1.29, 1.82) is 0 Å². The van der Waals surface area contributed by atoms with Gasteiger partial charge in [-0.25, -0.2) is 4.98 Å². The summed E-state index contributed by atoms with van der Waals surface area (Å²) in [6, 6.07) is 4.66. The van der Waals surface area contributed by atoms with Gasteiger partial charge in [0.05, 0.1) is 4.91 Å². The number of nitrogens with one attached hydrogen (secondary N) is 1. The van der Waals surface area contributed by atoms with Gasteiger partial charge >= 0.3 is 0 Å². The number of anilines is 1. The van der Waals surface area contributed by atoms with Gasteiger partial charge in [0.25, 0.3) is 5.91 Å². The Kier molecular flexibility index (Phi) is 7.65. The van der Waals surface area contributed by atoms with Gasteiger partial charge in [-0.1, -0.05) is 42.0 Å². The molecular weight excluding hydrogens is 450 g/mol. The summed E-state index contributed by atoms with van der Waals surface area (Å²) >= 11 is 13.9. The molecule has 0 aliphatic carbocycles. The first-order valence-electron chi connectivity index (χ1n) is 8.87. The molecule has 6 nitrogen and oxygen atoms in total. The van der Waals surface area contributed by atoms with Crippen LogP contribution >= 0.6 is 46.9 Å². The van der Waals surface area contributed by atoms with E-state index in [1.165, 1.54) is 29.2 Å². The van der Waals surface area contributed by atoms with E-state index in [1.807, 2.05) is 0 Å². The van der Waals surface area contributed by atoms with Crippen LogP contribution in [0.3, 0.4) is 0 Å². The molecule has 1 aliphatic heterocycles. The Balaban J connectivity index is 1.46. The van der Waals surface area contributed by atoms with Crippen LogP contribution in [0.2, 0.25) is 5.02 Å². The summed E-state index contributed by atoms with van der Waals surface area (Å²) in [4.78, 5) is 30.5. The maximum absolute atomic E-state index is 12.6. The zero-order chi connectivity index (χ0) is 20.8. The van der Waals surface area contributed by atoms with E-state index in [2.05, 4.69) is 10.3 Å². The molecule has 1 aliphatic rings. The Morgan fingerprint density at radius 3 is 2.93 bits per heavy atom. The molecule has 0 unspecified atom stereocenters. The molecule has 0 atom stereocenters. The molecular formula is C19H18ClN3O3S3. The number of rotatable bonds is 8. The number of thioether (sulfide) groups is 1. The molecule has 10 heteroatoms. The lowest BCUT2D eigenvalue weighted by molar-refractivity contribution is -0.122. The fourth-order valence-corrected chi connectivity index (χ4v) is 4.70. The van der Waals surface area contributed by atoms with E-state index in [4.69, 9.17) is 23.8 Å². The zero-order valence-corrected chi connectivity index (χ0v) is 18.5. The van der Waals surface area contributed by atoms with Gasteiger partial charge in [-0.3, -0.25) is 14.5 Å². The zero-order valence-electron chi connectivity index (χ0n) is 15.3. The van der Waals surface area contributed by atoms with E-state index in [0.29, 0.717) is 37.9 Å². The second-order valence-corrected chi connectivity index (χ2v) is 9.24. The van der Waals surface area contributed by atoms with Crippen LogP contribution in [-0.2, 0) is 9.59 Å². The molecule has 1 fully saturated rings. The van der Waals surface area contributed by atoms with Crippen LogP contribution in [0.1, 0.15) is 31.2 Å². The van der Waals surface area contributed by atoms with Crippen molar-refractivity contribution in [1.82, 2.24) is 9.88 Å². The van der Waals surface area contributed by atoms with Crippen molar-refractivity contribution in [3.63, 3.8) is 0 Å². The number of halogens is 1. The summed E-state index contributed by atoms with van der Waals surface area (Å²) in [6.45, 7) is 0.498. The third kappa shape index (κ3) is 6.02. The summed E-state index contributed by atoms with van der Waals surface area (Å²) in [7, 11) is 0. The third-order valence-corrected chi connectivity index (χ3v) is 6.42.